The van der Waals surface area contributed by atoms with E-state index in [2.05, 4.69) is 4.90 Å². The maximum atomic E-state index is 11.8. The second-order valence-electron chi connectivity index (χ2n) is 5.05. The molecule has 110 valence electrons. The highest BCUT2D eigenvalue weighted by molar-refractivity contribution is 5.72. The number of para-hydroxylation sites is 1. The summed E-state index contributed by atoms with van der Waals surface area (Å²) in [5.74, 6) is 0.869. The fourth-order valence-corrected chi connectivity index (χ4v) is 2.52. The van der Waals surface area contributed by atoms with E-state index in [-0.39, 0.29) is 11.9 Å². The Labute approximate surface area is 120 Å². The molecule has 1 atom stereocenters. The fourth-order valence-electron chi connectivity index (χ4n) is 2.52. The van der Waals surface area contributed by atoms with E-state index in [1.165, 1.54) is 0 Å². The van der Waals surface area contributed by atoms with Gasteiger partial charge in [-0.25, -0.2) is 0 Å². The van der Waals surface area contributed by atoms with Crippen LogP contribution in [-0.4, -0.2) is 43.7 Å². The zero-order valence-electron chi connectivity index (χ0n) is 12.1. The minimum Gasteiger partial charge on any atom is -0.492 e. The van der Waals surface area contributed by atoms with Crippen molar-refractivity contribution in [2.24, 2.45) is 5.92 Å². The first-order valence-electron chi connectivity index (χ1n) is 7.36. The number of benzene rings is 1. The summed E-state index contributed by atoms with van der Waals surface area (Å²) in [5, 5.41) is 0. The van der Waals surface area contributed by atoms with Gasteiger partial charge in [-0.15, -0.1) is 0 Å². The van der Waals surface area contributed by atoms with E-state index in [1.54, 1.807) is 0 Å². The van der Waals surface area contributed by atoms with Gasteiger partial charge < -0.3 is 9.47 Å². The van der Waals surface area contributed by atoms with Crippen LogP contribution in [0.4, 0.5) is 0 Å². The molecule has 1 saturated heterocycles. The lowest BCUT2D eigenvalue weighted by molar-refractivity contribution is -0.150. The van der Waals surface area contributed by atoms with Gasteiger partial charge in [-0.1, -0.05) is 18.2 Å². The number of ether oxygens (including phenoxy) is 2. The van der Waals surface area contributed by atoms with Gasteiger partial charge in [-0.2, -0.15) is 0 Å². The van der Waals surface area contributed by atoms with Crippen LogP contribution in [0.3, 0.4) is 0 Å². The Morgan fingerprint density at radius 1 is 1.35 bits per heavy atom. The lowest BCUT2D eigenvalue weighted by Crippen LogP contribution is -2.41. The van der Waals surface area contributed by atoms with Crippen molar-refractivity contribution in [1.82, 2.24) is 4.90 Å². The Kier molecular flexibility index (Phi) is 5.87. The van der Waals surface area contributed by atoms with Crippen LogP contribution in [0.2, 0.25) is 0 Å². The SMILES string of the molecule is CCOC(=O)[C@@H]1CCCN(CCOc2ccccc2)C1. The van der Waals surface area contributed by atoms with Gasteiger partial charge in [0.15, 0.2) is 0 Å². The second kappa shape index (κ2) is 7.90. The molecule has 0 amide bonds. The molecule has 0 bridgehead atoms. The number of rotatable bonds is 6. The fraction of sp³-hybridized carbons (Fsp3) is 0.562. The van der Waals surface area contributed by atoms with Crippen LogP contribution in [0.1, 0.15) is 19.8 Å². The van der Waals surface area contributed by atoms with Crippen molar-refractivity contribution >= 4 is 5.97 Å². The number of carbonyl (C=O) groups is 1. The van der Waals surface area contributed by atoms with Gasteiger partial charge in [-0.05, 0) is 38.4 Å². The van der Waals surface area contributed by atoms with E-state index >= 15 is 0 Å². The molecule has 20 heavy (non-hydrogen) atoms. The number of hydrogen-bond donors (Lipinski definition) is 0. The molecule has 0 aliphatic carbocycles. The summed E-state index contributed by atoms with van der Waals surface area (Å²) in [5.41, 5.74) is 0. The maximum absolute atomic E-state index is 11.8. The van der Waals surface area contributed by atoms with Crippen molar-refractivity contribution in [2.75, 3.05) is 32.8 Å². The number of esters is 1. The zero-order chi connectivity index (χ0) is 14.2. The molecule has 1 aliphatic heterocycles. The van der Waals surface area contributed by atoms with Crippen molar-refractivity contribution in [3.8, 4) is 5.75 Å². The van der Waals surface area contributed by atoms with Gasteiger partial charge in [0, 0.05) is 13.1 Å². The topological polar surface area (TPSA) is 38.8 Å². The first-order chi connectivity index (χ1) is 9.79. The number of hydrogen-bond acceptors (Lipinski definition) is 4. The Hall–Kier alpha value is -1.55. The largest absolute Gasteiger partial charge is 0.492 e. The third-order valence-electron chi connectivity index (χ3n) is 3.54. The molecule has 0 aromatic heterocycles. The van der Waals surface area contributed by atoms with Crippen LogP contribution in [0, 0.1) is 5.92 Å². The number of carbonyl (C=O) groups excluding carboxylic acids is 1. The van der Waals surface area contributed by atoms with Crippen molar-refractivity contribution < 1.29 is 14.3 Å². The maximum Gasteiger partial charge on any atom is 0.310 e. The molecule has 4 heteroatoms. The Balaban J connectivity index is 1.71. The van der Waals surface area contributed by atoms with Crippen LogP contribution < -0.4 is 4.74 Å². The highest BCUT2D eigenvalue weighted by Crippen LogP contribution is 2.18. The van der Waals surface area contributed by atoms with Gasteiger partial charge in [0.1, 0.15) is 12.4 Å². The summed E-state index contributed by atoms with van der Waals surface area (Å²) in [4.78, 5) is 14.0. The minimum absolute atomic E-state index is 0.0282. The van der Waals surface area contributed by atoms with Crippen molar-refractivity contribution in [3.05, 3.63) is 30.3 Å². The third kappa shape index (κ3) is 4.53. The van der Waals surface area contributed by atoms with E-state index in [1.807, 2.05) is 37.3 Å². The summed E-state index contributed by atoms with van der Waals surface area (Å²) >= 11 is 0. The highest BCUT2D eigenvalue weighted by atomic mass is 16.5. The molecule has 0 unspecified atom stereocenters. The second-order valence-corrected chi connectivity index (χ2v) is 5.05. The Morgan fingerprint density at radius 2 is 2.15 bits per heavy atom. The number of nitrogens with zero attached hydrogens (tertiary/aromatic N) is 1. The average Bonchev–Trinajstić information content (AvgIpc) is 2.49. The predicted molar refractivity (Wildman–Crippen MR) is 77.7 cm³/mol. The van der Waals surface area contributed by atoms with Crippen LogP contribution in [-0.2, 0) is 9.53 Å². The summed E-state index contributed by atoms with van der Waals surface area (Å²) < 4.78 is 10.8. The normalized spacial score (nSPS) is 19.6. The molecule has 1 aromatic carbocycles. The van der Waals surface area contributed by atoms with Crippen molar-refractivity contribution in [1.29, 1.82) is 0 Å². The lowest BCUT2D eigenvalue weighted by Gasteiger charge is -2.31. The van der Waals surface area contributed by atoms with Crippen molar-refractivity contribution in [3.63, 3.8) is 0 Å². The number of likely N-dealkylation sites (tertiary alicyclic amines) is 1. The smallest absolute Gasteiger partial charge is 0.310 e. The third-order valence-corrected chi connectivity index (χ3v) is 3.54. The molecule has 0 N–H and O–H groups in total. The van der Waals surface area contributed by atoms with Gasteiger partial charge in [-0.3, -0.25) is 9.69 Å². The first kappa shape index (κ1) is 14.9. The van der Waals surface area contributed by atoms with Gasteiger partial charge >= 0.3 is 5.97 Å². The highest BCUT2D eigenvalue weighted by Gasteiger charge is 2.26. The summed E-state index contributed by atoms with van der Waals surface area (Å²) in [6.07, 6.45) is 1.99. The van der Waals surface area contributed by atoms with E-state index in [4.69, 9.17) is 9.47 Å². The van der Waals surface area contributed by atoms with E-state index in [0.717, 1.165) is 38.2 Å². The molecule has 1 aromatic rings. The van der Waals surface area contributed by atoms with Gasteiger partial charge in [0.2, 0.25) is 0 Å². The molecule has 0 saturated carbocycles. The minimum atomic E-state index is -0.0545. The Bertz CT molecular complexity index is 407. The van der Waals surface area contributed by atoms with Crippen LogP contribution in [0.5, 0.6) is 5.75 Å². The van der Waals surface area contributed by atoms with Crippen LogP contribution >= 0.6 is 0 Å². The Morgan fingerprint density at radius 3 is 2.90 bits per heavy atom. The molecular formula is C16H23NO3. The molecule has 1 heterocycles. The molecular weight excluding hydrogens is 254 g/mol. The zero-order valence-corrected chi connectivity index (χ0v) is 12.1. The molecule has 0 spiro atoms. The van der Waals surface area contributed by atoms with Gasteiger partial charge in [0.25, 0.3) is 0 Å². The standard InChI is InChI=1S/C16H23NO3/c1-2-19-16(18)14-7-6-10-17(13-14)11-12-20-15-8-4-3-5-9-15/h3-5,8-9,14H,2,6-7,10-13H2,1H3/t14-/m1/s1. The monoisotopic (exact) mass is 277 g/mol. The molecule has 1 fully saturated rings. The van der Waals surface area contributed by atoms with Crippen LogP contribution in [0.15, 0.2) is 30.3 Å². The van der Waals surface area contributed by atoms with Crippen LogP contribution in [0.25, 0.3) is 0 Å². The predicted octanol–water partition coefficient (Wildman–Crippen LogP) is 2.34. The average molecular weight is 277 g/mol. The molecule has 0 radical (unpaired) electrons. The summed E-state index contributed by atoms with van der Waals surface area (Å²) in [6, 6.07) is 9.82. The molecule has 2 rings (SSSR count). The molecule has 1 aliphatic rings. The summed E-state index contributed by atoms with van der Waals surface area (Å²) in [6.45, 7) is 5.65. The lowest BCUT2D eigenvalue weighted by atomic mass is 9.98. The number of piperidine rings is 1. The molecule has 4 nitrogen and oxygen atoms in total. The first-order valence-corrected chi connectivity index (χ1v) is 7.36. The van der Waals surface area contributed by atoms with E-state index < -0.39 is 0 Å². The van der Waals surface area contributed by atoms with E-state index in [0.29, 0.717) is 13.2 Å². The van der Waals surface area contributed by atoms with Crippen molar-refractivity contribution in [2.45, 2.75) is 19.8 Å². The quantitative estimate of drug-likeness (QED) is 0.748. The van der Waals surface area contributed by atoms with E-state index in [9.17, 15) is 4.79 Å². The summed E-state index contributed by atoms with van der Waals surface area (Å²) in [7, 11) is 0. The van der Waals surface area contributed by atoms with Gasteiger partial charge in [0.05, 0.1) is 12.5 Å².